The Morgan fingerprint density at radius 1 is 1.18 bits per heavy atom. The van der Waals surface area contributed by atoms with E-state index in [4.69, 9.17) is 5.11 Å². The Balaban J connectivity index is 1.63. The van der Waals surface area contributed by atoms with E-state index in [0.717, 1.165) is 25.7 Å². The van der Waals surface area contributed by atoms with Gasteiger partial charge in [0.1, 0.15) is 0 Å². The number of hydrogen-bond donors (Lipinski definition) is 1. The zero-order valence-corrected chi connectivity index (χ0v) is 21.7. The van der Waals surface area contributed by atoms with E-state index < -0.39 is 11.4 Å². The van der Waals surface area contributed by atoms with Crippen LogP contribution in [0.1, 0.15) is 93.4 Å². The molecule has 0 saturated heterocycles. The van der Waals surface area contributed by atoms with E-state index in [0.29, 0.717) is 17.4 Å². The molecule has 3 heteroatoms. The second kappa shape index (κ2) is 7.82. The number of carbonyl (C=O) groups excluding carboxylic acids is 1. The molecule has 0 amide bonds. The van der Waals surface area contributed by atoms with E-state index in [2.05, 4.69) is 53.7 Å². The van der Waals surface area contributed by atoms with Gasteiger partial charge in [0.25, 0.3) is 0 Å². The summed E-state index contributed by atoms with van der Waals surface area (Å²) in [4.78, 5) is 23.8. The van der Waals surface area contributed by atoms with Crippen LogP contribution in [0.25, 0.3) is 0 Å². The van der Waals surface area contributed by atoms with Crippen molar-refractivity contribution in [1.29, 1.82) is 0 Å². The minimum atomic E-state index is -0.810. The normalized spacial score (nSPS) is 38.4. The van der Waals surface area contributed by atoms with Gasteiger partial charge in [-0.15, -0.1) is 0 Å². The fourth-order valence-electron chi connectivity index (χ4n) is 8.23. The number of rotatable bonds is 5. The van der Waals surface area contributed by atoms with Crippen LogP contribution in [0.4, 0.5) is 0 Å². The molecule has 5 atom stereocenters. The summed E-state index contributed by atoms with van der Waals surface area (Å²) in [6, 6.07) is 0. The molecule has 0 aliphatic heterocycles. The van der Waals surface area contributed by atoms with Gasteiger partial charge in [-0.3, -0.25) is 4.79 Å². The highest BCUT2D eigenvalue weighted by atomic mass is 16.4. The number of allylic oxidation sites excluding steroid dienone is 7. The van der Waals surface area contributed by atoms with Crippen LogP contribution >= 0.6 is 0 Å². The highest BCUT2D eigenvalue weighted by Gasteiger charge is 2.61. The largest absolute Gasteiger partial charge is 0.478 e. The second-order valence-corrected chi connectivity index (χ2v) is 12.4. The van der Waals surface area contributed by atoms with Crippen LogP contribution in [-0.2, 0) is 9.59 Å². The van der Waals surface area contributed by atoms with E-state index in [1.807, 2.05) is 12.2 Å². The Morgan fingerprint density at radius 3 is 2.55 bits per heavy atom. The predicted octanol–water partition coefficient (Wildman–Crippen LogP) is 7.45. The summed E-state index contributed by atoms with van der Waals surface area (Å²) in [7, 11) is 0. The zero-order chi connectivity index (χ0) is 24.4. The van der Waals surface area contributed by atoms with Crippen molar-refractivity contribution in [3.63, 3.8) is 0 Å². The summed E-state index contributed by atoms with van der Waals surface area (Å²) in [5.74, 6) is 0.653. The molecule has 0 aromatic rings. The highest BCUT2D eigenvalue weighted by Crippen LogP contribution is 2.70. The van der Waals surface area contributed by atoms with E-state index in [1.54, 1.807) is 18.1 Å². The van der Waals surface area contributed by atoms with Crippen molar-refractivity contribution in [2.75, 3.05) is 0 Å². The number of carboxylic acids is 1. The summed E-state index contributed by atoms with van der Waals surface area (Å²) in [5.41, 5.74) is 4.91. The number of aliphatic carboxylic acids is 1. The van der Waals surface area contributed by atoms with Crippen molar-refractivity contribution in [3.05, 3.63) is 46.6 Å². The Morgan fingerprint density at radius 2 is 1.88 bits per heavy atom. The lowest BCUT2D eigenvalue weighted by molar-refractivity contribution is -0.132. The van der Waals surface area contributed by atoms with E-state index in [-0.39, 0.29) is 22.0 Å². The number of fused-ring (bicyclic) bond motifs is 4. The average molecular weight is 451 g/mol. The molecule has 4 rings (SSSR count). The molecule has 0 aromatic heterocycles. The lowest BCUT2D eigenvalue weighted by atomic mass is 9.47. The van der Waals surface area contributed by atoms with Crippen molar-refractivity contribution in [1.82, 2.24) is 0 Å². The van der Waals surface area contributed by atoms with Crippen molar-refractivity contribution in [2.45, 2.75) is 93.4 Å². The van der Waals surface area contributed by atoms with Crippen molar-refractivity contribution in [2.24, 2.45) is 33.5 Å². The van der Waals surface area contributed by atoms with Gasteiger partial charge in [0, 0.05) is 16.4 Å². The molecule has 180 valence electrons. The van der Waals surface area contributed by atoms with E-state index >= 15 is 0 Å². The topological polar surface area (TPSA) is 54.4 Å². The predicted molar refractivity (Wildman–Crippen MR) is 134 cm³/mol. The molecule has 3 nitrogen and oxygen atoms in total. The zero-order valence-electron chi connectivity index (χ0n) is 21.7. The first-order valence-corrected chi connectivity index (χ1v) is 12.9. The van der Waals surface area contributed by atoms with Crippen LogP contribution in [0.5, 0.6) is 0 Å². The first-order valence-electron chi connectivity index (χ1n) is 12.9. The minimum Gasteiger partial charge on any atom is -0.478 e. The van der Waals surface area contributed by atoms with Gasteiger partial charge in [0.2, 0.25) is 0 Å². The molecule has 1 saturated carbocycles. The summed E-state index contributed by atoms with van der Waals surface area (Å²) in [6.07, 6.45) is 16.0. The smallest absolute Gasteiger partial charge is 0.330 e. The van der Waals surface area contributed by atoms with Crippen LogP contribution in [0.15, 0.2) is 46.6 Å². The quantitative estimate of drug-likeness (QED) is 0.349. The summed E-state index contributed by atoms with van der Waals surface area (Å²) < 4.78 is 0. The van der Waals surface area contributed by atoms with Gasteiger partial charge < -0.3 is 5.11 Å². The molecule has 33 heavy (non-hydrogen) atoms. The van der Waals surface area contributed by atoms with E-state index in [9.17, 15) is 9.59 Å². The van der Waals surface area contributed by atoms with E-state index in [1.165, 1.54) is 24.8 Å². The van der Waals surface area contributed by atoms with Crippen LogP contribution in [0.3, 0.4) is 0 Å². The maximum absolute atomic E-state index is 12.7. The third-order valence-corrected chi connectivity index (χ3v) is 10.6. The molecular weight excluding hydrogens is 408 g/mol. The minimum absolute atomic E-state index is 0.127. The van der Waals surface area contributed by atoms with Gasteiger partial charge in [-0.25, -0.2) is 4.79 Å². The Labute approximate surface area is 200 Å². The summed E-state index contributed by atoms with van der Waals surface area (Å²) in [6.45, 7) is 15.7. The lowest BCUT2D eigenvalue weighted by Crippen LogP contribution is -2.48. The molecule has 0 spiro atoms. The van der Waals surface area contributed by atoms with Crippen LogP contribution in [0.2, 0.25) is 0 Å². The van der Waals surface area contributed by atoms with Gasteiger partial charge in [-0.1, -0.05) is 50.1 Å². The molecule has 0 bridgehead atoms. The molecule has 4 aliphatic carbocycles. The summed E-state index contributed by atoms with van der Waals surface area (Å²) in [5, 5.41) is 9.15. The van der Waals surface area contributed by atoms with Gasteiger partial charge >= 0.3 is 5.97 Å². The maximum atomic E-state index is 12.7. The number of carbonyl (C=O) groups is 2. The third-order valence-electron chi connectivity index (χ3n) is 10.6. The van der Waals surface area contributed by atoms with Gasteiger partial charge in [-0.2, -0.15) is 0 Å². The molecular formula is C30H42O3. The van der Waals surface area contributed by atoms with Crippen molar-refractivity contribution in [3.8, 4) is 0 Å². The Bertz CT molecular complexity index is 1010. The Kier molecular flexibility index (Phi) is 5.74. The first-order chi connectivity index (χ1) is 15.3. The monoisotopic (exact) mass is 450 g/mol. The molecule has 0 heterocycles. The fourth-order valence-corrected chi connectivity index (χ4v) is 8.23. The van der Waals surface area contributed by atoms with Crippen LogP contribution in [0, 0.1) is 33.5 Å². The Hall–Kier alpha value is -1.90. The molecule has 1 N–H and O–H groups in total. The molecule has 0 unspecified atom stereocenters. The van der Waals surface area contributed by atoms with Gasteiger partial charge in [0.15, 0.2) is 5.78 Å². The first kappa shape index (κ1) is 24.2. The van der Waals surface area contributed by atoms with Gasteiger partial charge in [-0.05, 0) is 107 Å². The molecule has 4 aliphatic rings. The van der Waals surface area contributed by atoms with Crippen molar-refractivity contribution < 1.29 is 14.7 Å². The fraction of sp³-hybridized carbons (Fsp3) is 0.667. The number of hydrogen-bond acceptors (Lipinski definition) is 2. The molecule has 0 radical (unpaired) electrons. The van der Waals surface area contributed by atoms with Crippen LogP contribution in [-0.4, -0.2) is 16.9 Å². The van der Waals surface area contributed by atoms with Crippen LogP contribution < -0.4 is 0 Å². The SMILES string of the molecule is C/C(=C\CC[C@@H](C)[C@H]1CC[C@@]2(C)C3=C(CC[C@]12C)[C@@]1(C)C=CC(=O)C(C)(C)C1=CC3)C(=O)O. The highest BCUT2D eigenvalue weighted by molar-refractivity contribution is 5.99. The van der Waals surface area contributed by atoms with Gasteiger partial charge in [0.05, 0.1) is 0 Å². The molecule has 1 fully saturated rings. The summed E-state index contributed by atoms with van der Waals surface area (Å²) >= 11 is 0. The maximum Gasteiger partial charge on any atom is 0.330 e. The second-order valence-electron chi connectivity index (χ2n) is 12.4. The average Bonchev–Trinajstić information content (AvgIpc) is 3.02. The number of ketones is 1. The number of carboxylic acid groups (broad SMARTS) is 1. The third kappa shape index (κ3) is 3.36. The standard InChI is InChI=1S/C30H42O3/c1-19(9-8-10-20(2)26(32)33)21-13-17-30(7)23-11-12-24-27(3,4)25(31)15-16-28(24,5)22(23)14-18-29(21,30)6/h10,12,15-16,19,21H,8-9,11,13-14,17-18H2,1-7H3,(H,32,33)/b20-10+/t19-,21-,28-,29-,30+/m1/s1. The van der Waals surface area contributed by atoms with Crippen molar-refractivity contribution >= 4 is 11.8 Å². The molecule has 0 aromatic carbocycles. The lowest BCUT2D eigenvalue weighted by Gasteiger charge is -2.57.